The summed E-state index contributed by atoms with van der Waals surface area (Å²) in [6.45, 7) is -0.265. The summed E-state index contributed by atoms with van der Waals surface area (Å²) >= 11 is 0. The number of amides is 2. The number of likely N-dealkylation sites (tertiary alicyclic amines) is 1. The molecule has 1 saturated carbocycles. The van der Waals surface area contributed by atoms with Gasteiger partial charge in [-0.1, -0.05) is 19.3 Å². The molecule has 1 aliphatic carbocycles. The molecule has 0 aromatic rings. The number of rotatable bonds is 6. The predicted octanol–water partition coefficient (Wildman–Crippen LogP) is 2.63. The third kappa shape index (κ3) is 5.76. The van der Waals surface area contributed by atoms with Crippen molar-refractivity contribution < 1.29 is 32.6 Å². The van der Waals surface area contributed by atoms with Crippen molar-refractivity contribution in [2.45, 2.75) is 50.8 Å². The third-order valence-electron chi connectivity index (χ3n) is 4.85. The molecule has 144 valence electrons. The van der Waals surface area contributed by atoms with Crippen LogP contribution >= 0.6 is 0 Å². The van der Waals surface area contributed by atoms with E-state index in [-0.39, 0.29) is 12.6 Å². The molecule has 0 aromatic carbocycles. The van der Waals surface area contributed by atoms with Crippen LogP contribution in [0.25, 0.3) is 0 Å². The molecule has 9 heteroatoms. The second-order valence-electron chi connectivity index (χ2n) is 6.71. The van der Waals surface area contributed by atoms with E-state index in [9.17, 15) is 22.8 Å². The fourth-order valence-corrected chi connectivity index (χ4v) is 3.41. The van der Waals surface area contributed by atoms with Gasteiger partial charge >= 0.3 is 18.2 Å². The van der Waals surface area contributed by atoms with Gasteiger partial charge < -0.3 is 20.1 Å². The molecular weight excluding hydrogens is 341 g/mol. The maximum atomic E-state index is 12.9. The number of carbonyl (C=O) groups is 2. The number of nitrogens with zero attached hydrogens (tertiary/aromatic N) is 1. The van der Waals surface area contributed by atoms with Crippen molar-refractivity contribution in [2.75, 3.05) is 26.2 Å². The number of carboxylic acids is 1. The number of ether oxygens (including phenoxy) is 1. The van der Waals surface area contributed by atoms with Gasteiger partial charge in [0.2, 0.25) is 0 Å². The maximum Gasteiger partial charge on any atom is 0.394 e. The Hall–Kier alpha value is -1.51. The number of carbonyl (C=O) groups excluding carboxylic acids is 1. The summed E-state index contributed by atoms with van der Waals surface area (Å²) in [4.78, 5) is 23.9. The molecule has 2 aliphatic rings. The zero-order chi connectivity index (χ0) is 18.4. The summed E-state index contributed by atoms with van der Waals surface area (Å²) in [5, 5.41) is 11.5. The second-order valence-corrected chi connectivity index (χ2v) is 6.71. The molecule has 1 aliphatic heterocycles. The average Bonchev–Trinajstić information content (AvgIpc) is 3.01. The van der Waals surface area contributed by atoms with Gasteiger partial charge in [0.25, 0.3) is 0 Å². The maximum absolute atomic E-state index is 12.9. The van der Waals surface area contributed by atoms with Crippen LogP contribution in [0, 0.1) is 11.8 Å². The Labute approximate surface area is 144 Å². The molecule has 0 bridgehead atoms. The molecule has 1 saturated heterocycles. The number of hydrogen-bond acceptors (Lipinski definition) is 3. The van der Waals surface area contributed by atoms with Crippen LogP contribution in [0.1, 0.15) is 38.5 Å². The Morgan fingerprint density at radius 3 is 2.40 bits per heavy atom. The monoisotopic (exact) mass is 366 g/mol. The van der Waals surface area contributed by atoms with Crippen LogP contribution in [-0.2, 0) is 9.53 Å². The third-order valence-corrected chi connectivity index (χ3v) is 4.85. The molecule has 2 N–H and O–H groups in total. The molecule has 2 atom stereocenters. The van der Waals surface area contributed by atoms with E-state index in [4.69, 9.17) is 9.84 Å². The van der Waals surface area contributed by atoms with Crippen LogP contribution in [0.5, 0.6) is 0 Å². The van der Waals surface area contributed by atoms with Crippen LogP contribution in [-0.4, -0.2) is 60.5 Å². The number of alkyl halides is 3. The van der Waals surface area contributed by atoms with Gasteiger partial charge in [0.05, 0.1) is 17.9 Å². The normalized spacial score (nSPS) is 25.2. The van der Waals surface area contributed by atoms with Crippen molar-refractivity contribution in [3.63, 3.8) is 0 Å². The van der Waals surface area contributed by atoms with E-state index in [1.165, 1.54) is 19.3 Å². The highest BCUT2D eigenvalue weighted by molar-refractivity contribution is 5.77. The lowest BCUT2D eigenvalue weighted by Gasteiger charge is -2.22. The fourth-order valence-electron chi connectivity index (χ4n) is 3.41. The van der Waals surface area contributed by atoms with E-state index in [1.807, 2.05) is 0 Å². The summed E-state index contributed by atoms with van der Waals surface area (Å²) in [6, 6.07) is -0.657. The van der Waals surface area contributed by atoms with Crippen LogP contribution < -0.4 is 5.32 Å². The zero-order valence-corrected chi connectivity index (χ0v) is 14.1. The van der Waals surface area contributed by atoms with Crippen molar-refractivity contribution in [1.82, 2.24) is 10.2 Å². The first-order valence-electron chi connectivity index (χ1n) is 8.73. The van der Waals surface area contributed by atoms with Crippen LogP contribution in [0.15, 0.2) is 0 Å². The smallest absolute Gasteiger partial charge is 0.394 e. The first kappa shape index (κ1) is 19.8. The van der Waals surface area contributed by atoms with E-state index in [0.717, 1.165) is 17.7 Å². The summed E-state index contributed by atoms with van der Waals surface area (Å²) in [6.07, 6.45) is 1.88. The molecule has 0 unspecified atom stereocenters. The van der Waals surface area contributed by atoms with Crippen molar-refractivity contribution >= 4 is 12.0 Å². The quantitative estimate of drug-likeness (QED) is 0.709. The predicted molar refractivity (Wildman–Crippen MR) is 83.1 cm³/mol. The van der Waals surface area contributed by atoms with Gasteiger partial charge in [-0.15, -0.1) is 0 Å². The first-order valence-corrected chi connectivity index (χ1v) is 8.73. The van der Waals surface area contributed by atoms with E-state index >= 15 is 0 Å². The standard InChI is InChI=1S/C16H25F3N2O4/c17-16(18,19)13-10-21(9-12(13)14(22)23)15(24)20-7-4-8-25-11-5-2-1-3-6-11/h11-13H,1-10H2,(H,20,24)(H,22,23)/t12-,13-/m1/s1. The lowest BCUT2D eigenvalue weighted by atomic mass is 9.96. The largest absolute Gasteiger partial charge is 0.481 e. The Morgan fingerprint density at radius 2 is 1.84 bits per heavy atom. The SMILES string of the molecule is O=C(O)[C@@H]1CN(C(=O)NCCCOC2CCCCC2)C[C@H]1C(F)(F)F. The number of halogens is 3. The topological polar surface area (TPSA) is 78.9 Å². The Balaban J connectivity index is 1.69. The van der Waals surface area contributed by atoms with Gasteiger partial charge in [0.1, 0.15) is 0 Å². The number of carboxylic acid groups (broad SMARTS) is 1. The van der Waals surface area contributed by atoms with Crippen molar-refractivity contribution in [1.29, 1.82) is 0 Å². The lowest BCUT2D eigenvalue weighted by molar-refractivity contribution is -0.187. The lowest BCUT2D eigenvalue weighted by Crippen LogP contribution is -2.40. The number of nitrogens with one attached hydrogen (secondary N) is 1. The Morgan fingerprint density at radius 1 is 1.16 bits per heavy atom. The zero-order valence-electron chi connectivity index (χ0n) is 14.1. The second kappa shape index (κ2) is 8.73. The molecular formula is C16H25F3N2O4. The van der Waals surface area contributed by atoms with Crippen LogP contribution in [0.2, 0.25) is 0 Å². The summed E-state index contributed by atoms with van der Waals surface area (Å²) in [5.74, 6) is -5.16. The minimum Gasteiger partial charge on any atom is -0.481 e. The van der Waals surface area contributed by atoms with Gasteiger partial charge in [-0.3, -0.25) is 4.79 Å². The van der Waals surface area contributed by atoms with Gasteiger partial charge in [-0.05, 0) is 19.3 Å². The summed E-state index contributed by atoms with van der Waals surface area (Å²) in [5.41, 5.74) is 0. The summed E-state index contributed by atoms with van der Waals surface area (Å²) in [7, 11) is 0. The Kier molecular flexibility index (Phi) is 6.92. The molecule has 6 nitrogen and oxygen atoms in total. The van der Waals surface area contributed by atoms with Gasteiger partial charge in [-0.2, -0.15) is 13.2 Å². The highest BCUT2D eigenvalue weighted by Gasteiger charge is 2.53. The van der Waals surface area contributed by atoms with E-state index in [2.05, 4.69) is 5.32 Å². The van der Waals surface area contributed by atoms with Crippen LogP contribution in [0.4, 0.5) is 18.0 Å². The molecule has 1 heterocycles. The van der Waals surface area contributed by atoms with Crippen molar-refractivity contribution in [3.05, 3.63) is 0 Å². The molecule has 2 amide bonds. The van der Waals surface area contributed by atoms with Crippen molar-refractivity contribution in [2.24, 2.45) is 11.8 Å². The molecule has 25 heavy (non-hydrogen) atoms. The molecule has 0 radical (unpaired) electrons. The van der Waals surface area contributed by atoms with Crippen molar-refractivity contribution in [3.8, 4) is 0 Å². The number of aliphatic carboxylic acids is 1. The highest BCUT2D eigenvalue weighted by atomic mass is 19.4. The molecule has 0 spiro atoms. The summed E-state index contributed by atoms with van der Waals surface area (Å²) < 4.78 is 44.4. The van der Waals surface area contributed by atoms with Gasteiger partial charge in [0, 0.05) is 26.2 Å². The molecule has 2 rings (SSSR count). The minimum atomic E-state index is -4.63. The van der Waals surface area contributed by atoms with E-state index in [0.29, 0.717) is 13.0 Å². The van der Waals surface area contributed by atoms with E-state index < -0.39 is 43.1 Å². The van der Waals surface area contributed by atoms with Crippen LogP contribution in [0.3, 0.4) is 0 Å². The minimum absolute atomic E-state index is 0.270. The Bertz CT molecular complexity index is 467. The molecule has 0 aromatic heterocycles. The number of urea groups is 1. The van der Waals surface area contributed by atoms with Gasteiger partial charge in [0.15, 0.2) is 0 Å². The van der Waals surface area contributed by atoms with E-state index in [1.54, 1.807) is 0 Å². The molecule has 2 fully saturated rings. The first-order chi connectivity index (χ1) is 11.8. The van der Waals surface area contributed by atoms with Gasteiger partial charge in [-0.25, -0.2) is 4.79 Å². The average molecular weight is 366 g/mol. The highest BCUT2D eigenvalue weighted by Crippen LogP contribution is 2.37. The fraction of sp³-hybridized carbons (Fsp3) is 0.875. The number of hydrogen-bond donors (Lipinski definition) is 2.